The molecule has 0 saturated heterocycles. The molecule has 8 heteroatoms. The van der Waals surface area contributed by atoms with Gasteiger partial charge in [0.15, 0.2) is 6.10 Å². The van der Waals surface area contributed by atoms with Crippen LogP contribution < -0.4 is 5.11 Å². The average molecular weight is 850 g/mol. The maximum Gasteiger partial charge on any atom is 0.306 e. The molecule has 2 unspecified atom stereocenters. The summed E-state index contributed by atoms with van der Waals surface area (Å²) in [5, 5.41) is 11.6. The van der Waals surface area contributed by atoms with Gasteiger partial charge >= 0.3 is 11.9 Å². The Hall–Kier alpha value is -3.75. The molecule has 0 heterocycles. The number of carbonyl (C=O) groups excluding carboxylic acids is 3. The monoisotopic (exact) mass is 850 g/mol. The number of nitrogens with zero attached hydrogens (tertiary/aromatic N) is 1. The van der Waals surface area contributed by atoms with Gasteiger partial charge in [0.25, 0.3) is 0 Å². The van der Waals surface area contributed by atoms with Crippen molar-refractivity contribution in [2.24, 2.45) is 0 Å². The number of quaternary nitrogens is 1. The fourth-order valence-electron chi connectivity index (χ4n) is 6.42. The van der Waals surface area contributed by atoms with E-state index in [1.165, 1.54) is 38.5 Å². The summed E-state index contributed by atoms with van der Waals surface area (Å²) in [5.41, 5.74) is 0. The van der Waals surface area contributed by atoms with E-state index in [1.807, 2.05) is 30.4 Å². The molecule has 0 N–H and O–H groups in total. The standard InChI is InChI=1S/C53H87NO7/c1-6-8-10-12-14-16-18-20-22-23-24-25-26-27-28-30-31-33-35-37-39-41-43-51(55)60-48-49(47-59-46-45-50(53(57)58)54(3,4)5)61-52(56)44-42-40-38-36-34-32-29-21-19-17-15-13-11-9-7-2/h8-11,13-17,19-22,24-25,29,49-50H,6-7,12,18,23,26-28,30-48H2,1-5H3/b10-8+,11-9+,15-13+,16-14+,19-17+,22-20+,25-24+,29-21+. The Labute approximate surface area is 373 Å². The number of carbonyl (C=O) groups is 3. The molecule has 0 rings (SSSR count). The van der Waals surface area contributed by atoms with E-state index in [2.05, 4.69) is 80.7 Å². The molecular formula is C53H87NO7. The van der Waals surface area contributed by atoms with Gasteiger partial charge in [-0.25, -0.2) is 0 Å². The van der Waals surface area contributed by atoms with Gasteiger partial charge in [-0.2, -0.15) is 0 Å². The minimum atomic E-state index is -1.13. The van der Waals surface area contributed by atoms with Crippen LogP contribution in [0, 0.1) is 0 Å². The van der Waals surface area contributed by atoms with Crippen molar-refractivity contribution in [3.05, 3.63) is 97.2 Å². The third-order valence-electron chi connectivity index (χ3n) is 10.1. The van der Waals surface area contributed by atoms with Crippen molar-refractivity contribution < 1.29 is 38.2 Å². The van der Waals surface area contributed by atoms with Crippen LogP contribution in [0.1, 0.15) is 168 Å². The van der Waals surface area contributed by atoms with Gasteiger partial charge < -0.3 is 28.6 Å². The number of unbranched alkanes of at least 4 members (excludes halogenated alkanes) is 14. The summed E-state index contributed by atoms with van der Waals surface area (Å²) in [5.74, 6) is -1.78. The van der Waals surface area contributed by atoms with E-state index >= 15 is 0 Å². The van der Waals surface area contributed by atoms with Crippen LogP contribution in [-0.4, -0.2) is 75.5 Å². The van der Waals surface area contributed by atoms with Gasteiger partial charge in [0.2, 0.25) is 0 Å². The lowest BCUT2D eigenvalue weighted by molar-refractivity contribution is -0.889. The van der Waals surface area contributed by atoms with Gasteiger partial charge in [-0.3, -0.25) is 9.59 Å². The zero-order chi connectivity index (χ0) is 44.9. The van der Waals surface area contributed by atoms with Gasteiger partial charge in [0, 0.05) is 19.3 Å². The summed E-state index contributed by atoms with van der Waals surface area (Å²) in [7, 11) is 5.39. The highest BCUT2D eigenvalue weighted by atomic mass is 16.6. The third-order valence-corrected chi connectivity index (χ3v) is 10.1. The van der Waals surface area contributed by atoms with Gasteiger partial charge in [-0.15, -0.1) is 0 Å². The Morgan fingerprint density at radius 1 is 0.508 bits per heavy atom. The lowest BCUT2D eigenvalue weighted by Gasteiger charge is -2.34. The molecule has 0 bridgehead atoms. The highest BCUT2D eigenvalue weighted by Gasteiger charge is 2.25. The summed E-state index contributed by atoms with van der Waals surface area (Å²) in [6.07, 6.45) is 57.2. The van der Waals surface area contributed by atoms with E-state index in [0.717, 1.165) is 96.3 Å². The second-order valence-corrected chi connectivity index (χ2v) is 16.7. The van der Waals surface area contributed by atoms with E-state index in [1.54, 1.807) is 21.1 Å². The predicted molar refractivity (Wildman–Crippen MR) is 254 cm³/mol. The molecule has 0 aromatic rings. The summed E-state index contributed by atoms with van der Waals surface area (Å²) >= 11 is 0. The second kappa shape index (κ2) is 42.9. The van der Waals surface area contributed by atoms with E-state index in [-0.39, 0.29) is 49.1 Å². The first-order chi connectivity index (χ1) is 29.6. The van der Waals surface area contributed by atoms with Crippen LogP contribution in [0.3, 0.4) is 0 Å². The van der Waals surface area contributed by atoms with Crippen LogP contribution in [-0.2, 0) is 28.6 Å². The molecule has 8 nitrogen and oxygen atoms in total. The molecular weight excluding hydrogens is 763 g/mol. The first-order valence-electron chi connectivity index (χ1n) is 23.8. The molecule has 0 radical (unpaired) electrons. The van der Waals surface area contributed by atoms with Crippen LogP contribution in [0.4, 0.5) is 0 Å². The Balaban J connectivity index is 4.32. The topological polar surface area (TPSA) is 102 Å². The average Bonchev–Trinajstić information content (AvgIpc) is 3.22. The molecule has 2 atom stereocenters. The van der Waals surface area contributed by atoms with Crippen molar-refractivity contribution in [2.75, 3.05) is 41.0 Å². The summed E-state index contributed by atoms with van der Waals surface area (Å²) in [6, 6.07) is -0.737. The maximum atomic E-state index is 12.7. The van der Waals surface area contributed by atoms with E-state index in [4.69, 9.17) is 14.2 Å². The summed E-state index contributed by atoms with van der Waals surface area (Å²) < 4.78 is 17.2. The molecule has 61 heavy (non-hydrogen) atoms. The van der Waals surface area contributed by atoms with Crippen LogP contribution in [0.15, 0.2) is 97.2 Å². The zero-order valence-corrected chi connectivity index (χ0v) is 39.3. The number of esters is 2. The van der Waals surface area contributed by atoms with Crippen molar-refractivity contribution in [2.45, 2.75) is 180 Å². The highest BCUT2D eigenvalue weighted by molar-refractivity contribution is 5.70. The summed E-state index contributed by atoms with van der Waals surface area (Å²) in [4.78, 5) is 37.0. The van der Waals surface area contributed by atoms with E-state index < -0.39 is 18.1 Å². The van der Waals surface area contributed by atoms with Crippen molar-refractivity contribution in [3.8, 4) is 0 Å². The third kappa shape index (κ3) is 41.4. The number of hydrogen-bond acceptors (Lipinski definition) is 7. The zero-order valence-electron chi connectivity index (χ0n) is 39.3. The van der Waals surface area contributed by atoms with Gasteiger partial charge in [-0.05, 0) is 70.6 Å². The van der Waals surface area contributed by atoms with Gasteiger partial charge in [0.1, 0.15) is 12.6 Å². The van der Waals surface area contributed by atoms with E-state index in [9.17, 15) is 19.5 Å². The molecule has 0 amide bonds. The highest BCUT2D eigenvalue weighted by Crippen LogP contribution is 2.14. The Morgan fingerprint density at radius 2 is 0.951 bits per heavy atom. The van der Waals surface area contributed by atoms with Crippen LogP contribution in [0.2, 0.25) is 0 Å². The SMILES string of the molecule is CC/C=C/C=C/C=C/C=C/CCCCCCCC(=O)OC(COCCC(C(=O)[O-])[N+](C)(C)C)COC(=O)CCCCCCCCCCC/C=C/C/C=C/C/C=C/C/C=C/CC. The molecule has 0 aromatic heterocycles. The largest absolute Gasteiger partial charge is 0.544 e. The first kappa shape index (κ1) is 57.2. The van der Waals surface area contributed by atoms with Crippen molar-refractivity contribution >= 4 is 17.9 Å². The quantitative estimate of drug-likeness (QED) is 0.0198. The van der Waals surface area contributed by atoms with E-state index in [0.29, 0.717) is 6.42 Å². The number of carboxylic acids is 1. The molecule has 0 aliphatic heterocycles. The number of aliphatic carboxylic acids is 1. The van der Waals surface area contributed by atoms with Crippen molar-refractivity contribution in [3.63, 3.8) is 0 Å². The smallest absolute Gasteiger partial charge is 0.306 e. The minimum Gasteiger partial charge on any atom is -0.544 e. The number of ether oxygens (including phenoxy) is 3. The second-order valence-electron chi connectivity index (χ2n) is 16.7. The van der Waals surface area contributed by atoms with Gasteiger partial charge in [0.05, 0.1) is 40.3 Å². The maximum absolute atomic E-state index is 12.7. The Bertz CT molecular complexity index is 1310. The molecule has 0 saturated carbocycles. The van der Waals surface area contributed by atoms with Crippen LogP contribution in [0.5, 0.6) is 0 Å². The lowest BCUT2D eigenvalue weighted by Crippen LogP contribution is -2.55. The number of carboxylic acid groups (broad SMARTS) is 1. The minimum absolute atomic E-state index is 0.0231. The Kier molecular flexibility index (Phi) is 40.3. The molecule has 0 aliphatic rings. The Morgan fingerprint density at radius 3 is 1.48 bits per heavy atom. The number of allylic oxidation sites excluding steroid dienone is 16. The summed E-state index contributed by atoms with van der Waals surface area (Å²) in [6.45, 7) is 4.37. The predicted octanol–water partition coefficient (Wildman–Crippen LogP) is 12.1. The molecule has 0 spiro atoms. The molecule has 0 fully saturated rings. The van der Waals surface area contributed by atoms with Crippen molar-refractivity contribution in [1.82, 2.24) is 0 Å². The van der Waals surface area contributed by atoms with Crippen molar-refractivity contribution in [1.29, 1.82) is 0 Å². The number of rotatable bonds is 41. The number of likely N-dealkylation sites (N-methyl/N-ethyl adjacent to an activating group) is 1. The van der Waals surface area contributed by atoms with Crippen LogP contribution >= 0.6 is 0 Å². The first-order valence-corrected chi connectivity index (χ1v) is 23.8. The lowest BCUT2D eigenvalue weighted by atomic mass is 10.1. The fraction of sp³-hybridized carbons (Fsp3) is 0.642. The molecule has 0 aliphatic carbocycles. The van der Waals surface area contributed by atoms with Gasteiger partial charge in [-0.1, -0.05) is 175 Å². The normalized spacial score (nSPS) is 13.8. The number of hydrogen-bond donors (Lipinski definition) is 0. The molecule has 346 valence electrons. The molecule has 0 aromatic carbocycles. The van der Waals surface area contributed by atoms with Crippen LogP contribution in [0.25, 0.3) is 0 Å². The fourth-order valence-corrected chi connectivity index (χ4v) is 6.42.